The molecule has 0 radical (unpaired) electrons. The Labute approximate surface area is 465 Å². The topological polar surface area (TPSA) is 131 Å². The highest BCUT2D eigenvalue weighted by molar-refractivity contribution is 6.99. The minimum Gasteiger partial charge on any atom is -0.444 e. The Morgan fingerprint density at radius 2 is 1.45 bits per heavy atom. The zero-order valence-corrected chi connectivity index (χ0v) is 51.3. The zero-order valence-electron chi connectivity index (χ0n) is 49.3. The van der Waals surface area contributed by atoms with E-state index in [1.165, 1.54) is 16.4 Å². The molecule has 0 spiro atoms. The molecule has 4 aliphatic rings. The molecule has 0 bridgehead atoms. The third-order valence-electron chi connectivity index (χ3n) is 16.8. The van der Waals surface area contributed by atoms with Crippen molar-refractivity contribution in [1.29, 1.82) is 0 Å². The summed E-state index contributed by atoms with van der Waals surface area (Å²) in [6.07, 6.45) is 9.91. The van der Waals surface area contributed by atoms with Gasteiger partial charge in [-0.3, -0.25) is 9.69 Å². The van der Waals surface area contributed by atoms with E-state index in [0.717, 1.165) is 54.8 Å². The number of hydrogen-bond acceptors (Lipinski definition) is 10. The van der Waals surface area contributed by atoms with Crippen LogP contribution in [0.15, 0.2) is 109 Å². The fourth-order valence-electron chi connectivity index (χ4n) is 12.6. The number of nitrogens with one attached hydrogen (secondary N) is 1. The van der Waals surface area contributed by atoms with Crippen LogP contribution in [-0.2, 0) is 42.1 Å². The van der Waals surface area contributed by atoms with Crippen molar-refractivity contribution in [3.05, 3.63) is 109 Å². The van der Waals surface area contributed by atoms with E-state index in [1.807, 2.05) is 58.9 Å². The molecule has 14 heteroatoms. The second-order valence-electron chi connectivity index (χ2n) is 25.0. The first-order valence-electron chi connectivity index (χ1n) is 28.8. The SMILES string of the molecule is C=CC[C@H]1CC(=C)C[C@H](C[C@@H]2C[C@@H](O[Si](c3ccccc3)(c3ccccc3)C(C)(C)C)C[C@H]([C@@H](C=O)NC(=O)/C=C/C[C@H]3O[C@@H](/C(C)=C/[C@@H]4COC(C)(C)N4C(=O)OC(C)(C)C)[C@H](C)[C@@H](O[Si](CC)(CC)CC)[C@H]3C)O2)O1. The van der Waals surface area contributed by atoms with Crippen LogP contribution in [-0.4, -0.2) is 119 Å². The van der Waals surface area contributed by atoms with Crippen LogP contribution in [0.2, 0.25) is 23.2 Å². The van der Waals surface area contributed by atoms with Gasteiger partial charge in [0.2, 0.25) is 5.91 Å². The smallest absolute Gasteiger partial charge is 0.413 e. The van der Waals surface area contributed by atoms with E-state index < -0.39 is 52.1 Å². The predicted octanol–water partition coefficient (Wildman–Crippen LogP) is 11.9. The lowest BCUT2D eigenvalue weighted by Gasteiger charge is -2.48. The maximum absolute atomic E-state index is 14.1. The molecule has 2 aromatic rings. The Morgan fingerprint density at radius 1 is 0.844 bits per heavy atom. The number of rotatable bonds is 21. The molecular weight excluding hydrogens is 1000 g/mol. The molecule has 0 aromatic heterocycles. The minimum atomic E-state index is -3.02. The Kier molecular flexibility index (Phi) is 21.4. The average molecular weight is 1100 g/mol. The molecule has 0 unspecified atom stereocenters. The van der Waals surface area contributed by atoms with Gasteiger partial charge >= 0.3 is 6.09 Å². The van der Waals surface area contributed by atoms with Gasteiger partial charge in [-0.2, -0.15) is 0 Å². The summed E-state index contributed by atoms with van der Waals surface area (Å²) in [5.41, 5.74) is 0.587. The number of hydrogen-bond donors (Lipinski definition) is 1. The fraction of sp³-hybridized carbons (Fsp3) is 0.635. The van der Waals surface area contributed by atoms with Gasteiger partial charge in [-0.1, -0.05) is 146 Å². The first-order valence-corrected chi connectivity index (χ1v) is 33.2. The van der Waals surface area contributed by atoms with Crippen molar-refractivity contribution in [1.82, 2.24) is 10.2 Å². The largest absolute Gasteiger partial charge is 0.444 e. The molecular formula is C63H96N2O10Si2. The fourth-order valence-corrected chi connectivity index (χ4v) is 20.3. The maximum Gasteiger partial charge on any atom is 0.413 e. The molecule has 12 nitrogen and oxygen atoms in total. The summed E-state index contributed by atoms with van der Waals surface area (Å²) in [5.74, 6) is -0.389. The van der Waals surface area contributed by atoms with Gasteiger partial charge in [0.1, 0.15) is 23.7 Å². The number of carbonyl (C=O) groups is 3. The number of benzene rings is 2. The van der Waals surface area contributed by atoms with E-state index in [1.54, 1.807) is 4.90 Å². The van der Waals surface area contributed by atoms with Crippen molar-refractivity contribution in [2.75, 3.05) is 6.61 Å². The second-order valence-corrected chi connectivity index (χ2v) is 34.0. The quantitative estimate of drug-likeness (QED) is 0.0558. The average Bonchev–Trinajstić information content (AvgIpc) is 3.67. The minimum absolute atomic E-state index is 0.000709. The van der Waals surface area contributed by atoms with Gasteiger partial charge in [-0.05, 0) is 119 Å². The maximum atomic E-state index is 14.1. The number of nitrogens with zero attached hydrogens (tertiary/aromatic N) is 1. The van der Waals surface area contributed by atoms with Gasteiger partial charge in [0.25, 0.3) is 8.32 Å². The van der Waals surface area contributed by atoms with Crippen molar-refractivity contribution in [2.24, 2.45) is 11.8 Å². The monoisotopic (exact) mass is 1100 g/mol. The highest BCUT2D eigenvalue weighted by Crippen LogP contribution is 2.43. The first-order chi connectivity index (χ1) is 36.3. The number of aldehydes is 1. The van der Waals surface area contributed by atoms with Gasteiger partial charge < -0.3 is 42.6 Å². The summed E-state index contributed by atoms with van der Waals surface area (Å²) in [6.45, 7) is 38.1. The van der Waals surface area contributed by atoms with E-state index in [0.29, 0.717) is 32.3 Å². The molecule has 4 fully saturated rings. The number of carbonyl (C=O) groups excluding carboxylic acids is 3. The van der Waals surface area contributed by atoms with E-state index >= 15 is 0 Å². The van der Waals surface area contributed by atoms with E-state index in [-0.39, 0.29) is 65.6 Å². The van der Waals surface area contributed by atoms with E-state index in [2.05, 4.69) is 135 Å². The number of amides is 2. The van der Waals surface area contributed by atoms with Gasteiger partial charge in [-0.25, -0.2) is 4.79 Å². The van der Waals surface area contributed by atoms with Crippen LogP contribution in [0.5, 0.6) is 0 Å². The van der Waals surface area contributed by atoms with Crippen molar-refractivity contribution >= 4 is 45.3 Å². The normalized spacial score (nSPS) is 29.0. The molecule has 2 amide bonds. The van der Waals surface area contributed by atoms with Gasteiger partial charge in [-0.15, -0.1) is 6.58 Å². The third kappa shape index (κ3) is 15.3. The van der Waals surface area contributed by atoms with E-state index in [9.17, 15) is 14.4 Å². The van der Waals surface area contributed by atoms with Crippen LogP contribution < -0.4 is 15.7 Å². The predicted molar refractivity (Wildman–Crippen MR) is 313 cm³/mol. The molecule has 12 atom stereocenters. The lowest BCUT2D eigenvalue weighted by atomic mass is 9.79. The van der Waals surface area contributed by atoms with Crippen LogP contribution in [0.25, 0.3) is 0 Å². The molecule has 77 heavy (non-hydrogen) atoms. The van der Waals surface area contributed by atoms with Crippen LogP contribution in [0, 0.1) is 11.8 Å². The third-order valence-corrected chi connectivity index (χ3v) is 26.5. The Morgan fingerprint density at radius 3 is 2.01 bits per heavy atom. The molecule has 1 N–H and O–H groups in total. The molecule has 426 valence electrons. The Bertz CT molecular complexity index is 2290. The van der Waals surface area contributed by atoms with Crippen LogP contribution in [0.1, 0.15) is 142 Å². The molecule has 4 saturated heterocycles. The molecule has 6 rings (SSSR count). The summed E-state index contributed by atoms with van der Waals surface area (Å²) in [7, 11) is -5.10. The van der Waals surface area contributed by atoms with Gasteiger partial charge in [0.15, 0.2) is 8.32 Å². The van der Waals surface area contributed by atoms with Gasteiger partial charge in [0, 0.05) is 24.7 Å². The van der Waals surface area contributed by atoms with Crippen molar-refractivity contribution in [2.45, 2.75) is 237 Å². The Balaban J connectivity index is 1.25. The molecule has 0 saturated carbocycles. The summed E-state index contributed by atoms with van der Waals surface area (Å²) >= 11 is 0. The van der Waals surface area contributed by atoms with Crippen LogP contribution >= 0.6 is 0 Å². The molecule has 4 heterocycles. The summed E-state index contributed by atoms with van der Waals surface area (Å²) < 4.78 is 47.8. The molecule has 4 aliphatic heterocycles. The summed E-state index contributed by atoms with van der Waals surface area (Å²) in [5, 5.41) is 5.11. The lowest BCUT2D eigenvalue weighted by Crippen LogP contribution is -2.68. The van der Waals surface area contributed by atoms with E-state index in [4.69, 9.17) is 32.5 Å². The Hall–Kier alpha value is -4.00. The highest BCUT2D eigenvalue weighted by Gasteiger charge is 2.53. The first kappa shape index (κ1) is 62.2. The van der Waals surface area contributed by atoms with Crippen molar-refractivity contribution in [3.63, 3.8) is 0 Å². The standard InChI is InChI=1S/C63H96N2O10Si2/c1-17-28-48-35-43(5)36-49(70-48)38-50-39-51(74-77(62(12,13)14,52-29-23-21-24-30-52)53-31-25-22-26-32-53)40-56(71-50)54(41-66)64-57(67)34-27-33-55-45(7)59(75-76(18-2,19-3)20-4)46(8)58(72-55)44(6)37-47-42-69-63(15,16)65(47)60(68)73-61(9,10)11/h17,21-27,29-32,34,37,41,45-51,54-56,58-59H,1,5,18-20,28,33,35-36,38-40,42H2,2-4,6-16H3,(H,64,67)/b34-27+,44-37+/t45-,46-,47+,48-,49+,50+,51+,54+,55+,56+,58-,59-/m0/s1. The van der Waals surface area contributed by atoms with Crippen molar-refractivity contribution < 1.29 is 46.9 Å². The zero-order chi connectivity index (χ0) is 56.5. The van der Waals surface area contributed by atoms with Gasteiger partial charge in [0.05, 0.1) is 61.5 Å². The van der Waals surface area contributed by atoms with Crippen molar-refractivity contribution in [3.8, 4) is 0 Å². The van der Waals surface area contributed by atoms with Crippen LogP contribution in [0.3, 0.4) is 0 Å². The summed E-state index contributed by atoms with van der Waals surface area (Å²) in [4.78, 5) is 42.8. The lowest BCUT2D eigenvalue weighted by molar-refractivity contribution is -0.144. The molecule has 2 aromatic carbocycles. The highest BCUT2D eigenvalue weighted by atomic mass is 28.4. The number of ether oxygens (including phenoxy) is 5. The second kappa shape index (κ2) is 26.5. The molecule has 0 aliphatic carbocycles. The van der Waals surface area contributed by atoms with Crippen LogP contribution in [0.4, 0.5) is 4.79 Å². The summed E-state index contributed by atoms with van der Waals surface area (Å²) in [6, 6.07) is 22.9.